The molecule has 4 heteroatoms. The quantitative estimate of drug-likeness (QED) is 0.691. The van der Waals surface area contributed by atoms with Crippen LogP contribution in [0.1, 0.15) is 19.3 Å². The predicted molar refractivity (Wildman–Crippen MR) is 50.6 cm³/mol. The van der Waals surface area contributed by atoms with Crippen molar-refractivity contribution in [2.45, 2.75) is 25.3 Å². The van der Waals surface area contributed by atoms with Gasteiger partial charge in [0.15, 0.2) is 0 Å². The number of hydrogen-bond donors (Lipinski definition) is 2. The van der Waals surface area contributed by atoms with Crippen molar-refractivity contribution in [2.75, 3.05) is 18.1 Å². The second kappa shape index (κ2) is 5.43. The topological polar surface area (TPSA) is 49.3 Å². The average Bonchev–Trinajstić information content (AvgIpc) is 2.05. The lowest BCUT2D eigenvalue weighted by Crippen LogP contribution is -2.35. The Labute approximate surface area is 76.9 Å². The van der Waals surface area contributed by atoms with Crippen molar-refractivity contribution in [2.24, 2.45) is 0 Å². The van der Waals surface area contributed by atoms with Crippen LogP contribution in [0.4, 0.5) is 0 Å². The molecule has 0 spiro atoms. The van der Waals surface area contributed by atoms with Crippen LogP contribution in [0.5, 0.6) is 0 Å². The molecule has 1 rings (SSSR count). The number of hydrogen-bond acceptors (Lipinski definition) is 3. The van der Waals surface area contributed by atoms with E-state index in [1.807, 2.05) is 11.8 Å². The molecule has 1 aliphatic heterocycles. The maximum absolute atomic E-state index is 10.2. The van der Waals surface area contributed by atoms with Crippen molar-refractivity contribution >= 4 is 17.7 Å². The summed E-state index contributed by atoms with van der Waals surface area (Å²) in [6.45, 7) is 0.612. The molecule has 0 aromatic rings. The molecule has 0 saturated carbocycles. The first kappa shape index (κ1) is 9.86. The first-order valence-corrected chi connectivity index (χ1v) is 5.47. The van der Waals surface area contributed by atoms with E-state index in [1.165, 1.54) is 18.6 Å². The number of rotatable bonds is 4. The molecule has 12 heavy (non-hydrogen) atoms. The Bertz CT molecular complexity index is 146. The predicted octanol–water partition coefficient (Wildman–Crippen LogP) is 0.946. The van der Waals surface area contributed by atoms with Gasteiger partial charge in [-0.1, -0.05) is 0 Å². The van der Waals surface area contributed by atoms with Gasteiger partial charge in [0.05, 0.1) is 6.42 Å². The van der Waals surface area contributed by atoms with E-state index in [4.69, 9.17) is 5.11 Å². The fraction of sp³-hybridized carbons (Fsp3) is 0.875. The van der Waals surface area contributed by atoms with Gasteiger partial charge in [-0.25, -0.2) is 0 Å². The van der Waals surface area contributed by atoms with Crippen LogP contribution in [0, 0.1) is 0 Å². The zero-order valence-corrected chi connectivity index (χ0v) is 7.90. The van der Waals surface area contributed by atoms with E-state index in [2.05, 4.69) is 5.32 Å². The molecular weight excluding hydrogens is 174 g/mol. The molecule has 1 aliphatic rings. The molecule has 1 unspecified atom stereocenters. The third-order valence-electron chi connectivity index (χ3n) is 1.93. The summed E-state index contributed by atoms with van der Waals surface area (Å²) in [5.74, 6) is 1.68. The van der Waals surface area contributed by atoms with E-state index in [0.29, 0.717) is 12.6 Å². The molecule has 0 bridgehead atoms. The molecule has 2 N–H and O–H groups in total. The lowest BCUT2D eigenvalue weighted by molar-refractivity contribution is -0.136. The van der Waals surface area contributed by atoms with Crippen molar-refractivity contribution in [3.8, 4) is 0 Å². The van der Waals surface area contributed by atoms with E-state index in [-0.39, 0.29) is 6.42 Å². The third kappa shape index (κ3) is 3.97. The van der Waals surface area contributed by atoms with Crippen LogP contribution in [-0.2, 0) is 4.79 Å². The first-order valence-electron chi connectivity index (χ1n) is 4.32. The smallest absolute Gasteiger partial charge is 0.304 e. The number of carboxylic acids is 1. The van der Waals surface area contributed by atoms with Crippen LogP contribution in [0.25, 0.3) is 0 Å². The van der Waals surface area contributed by atoms with Crippen molar-refractivity contribution < 1.29 is 9.90 Å². The number of nitrogens with one attached hydrogen (secondary N) is 1. The number of aliphatic carboxylic acids is 1. The number of thioether (sulfide) groups is 1. The Morgan fingerprint density at radius 1 is 1.67 bits per heavy atom. The number of carboxylic acid groups (broad SMARTS) is 1. The Morgan fingerprint density at radius 2 is 2.50 bits per heavy atom. The Hall–Kier alpha value is -0.220. The van der Waals surface area contributed by atoms with Gasteiger partial charge in [-0.15, -0.1) is 0 Å². The minimum atomic E-state index is -0.717. The molecule has 0 aromatic heterocycles. The van der Waals surface area contributed by atoms with Crippen LogP contribution in [0.3, 0.4) is 0 Å². The molecule has 1 fully saturated rings. The van der Waals surface area contributed by atoms with Gasteiger partial charge in [0.25, 0.3) is 0 Å². The van der Waals surface area contributed by atoms with Gasteiger partial charge in [0.2, 0.25) is 0 Å². The molecule has 3 nitrogen and oxygen atoms in total. The van der Waals surface area contributed by atoms with Gasteiger partial charge in [-0.2, -0.15) is 11.8 Å². The number of carbonyl (C=O) groups is 1. The summed E-state index contributed by atoms with van der Waals surface area (Å²) in [6, 6.07) is 0.545. The molecule has 0 aliphatic carbocycles. The lowest BCUT2D eigenvalue weighted by atomic mass is 10.2. The van der Waals surface area contributed by atoms with E-state index in [1.54, 1.807) is 0 Å². The van der Waals surface area contributed by atoms with Gasteiger partial charge < -0.3 is 10.4 Å². The van der Waals surface area contributed by atoms with Crippen LogP contribution < -0.4 is 5.32 Å². The minimum absolute atomic E-state index is 0.237. The van der Waals surface area contributed by atoms with E-state index >= 15 is 0 Å². The van der Waals surface area contributed by atoms with Crippen molar-refractivity contribution in [3.05, 3.63) is 0 Å². The zero-order valence-electron chi connectivity index (χ0n) is 7.08. The van der Waals surface area contributed by atoms with Crippen molar-refractivity contribution in [3.63, 3.8) is 0 Å². The summed E-state index contributed by atoms with van der Waals surface area (Å²) in [5, 5.41) is 11.6. The van der Waals surface area contributed by atoms with Crippen LogP contribution in [-0.4, -0.2) is 35.2 Å². The Morgan fingerprint density at radius 3 is 3.08 bits per heavy atom. The van der Waals surface area contributed by atoms with Gasteiger partial charge in [-0.3, -0.25) is 4.79 Å². The van der Waals surface area contributed by atoms with Crippen LogP contribution in [0.15, 0.2) is 0 Å². The molecule has 1 heterocycles. The highest BCUT2D eigenvalue weighted by atomic mass is 32.2. The van der Waals surface area contributed by atoms with Gasteiger partial charge in [0.1, 0.15) is 0 Å². The van der Waals surface area contributed by atoms with Gasteiger partial charge in [0, 0.05) is 18.3 Å². The average molecular weight is 189 g/mol. The molecule has 0 aromatic carbocycles. The van der Waals surface area contributed by atoms with Gasteiger partial charge in [-0.05, 0) is 18.6 Å². The highest BCUT2D eigenvalue weighted by molar-refractivity contribution is 7.99. The Kier molecular flexibility index (Phi) is 4.46. The first-order chi connectivity index (χ1) is 5.79. The molecule has 70 valence electrons. The second-order valence-electron chi connectivity index (χ2n) is 3.01. The monoisotopic (exact) mass is 189 g/mol. The van der Waals surface area contributed by atoms with Crippen LogP contribution in [0.2, 0.25) is 0 Å². The van der Waals surface area contributed by atoms with Crippen molar-refractivity contribution in [1.29, 1.82) is 0 Å². The molecular formula is C8H15NO2S. The largest absolute Gasteiger partial charge is 0.481 e. The maximum Gasteiger partial charge on any atom is 0.304 e. The highest BCUT2D eigenvalue weighted by Gasteiger charge is 2.12. The van der Waals surface area contributed by atoms with Crippen molar-refractivity contribution in [1.82, 2.24) is 5.32 Å². The van der Waals surface area contributed by atoms with E-state index < -0.39 is 5.97 Å². The zero-order chi connectivity index (χ0) is 8.81. The van der Waals surface area contributed by atoms with E-state index in [0.717, 1.165) is 5.75 Å². The SMILES string of the molecule is O=C(O)CCNC1CCCSC1. The fourth-order valence-electron chi connectivity index (χ4n) is 1.28. The summed E-state index contributed by atoms with van der Waals surface area (Å²) in [5.41, 5.74) is 0. The summed E-state index contributed by atoms with van der Waals surface area (Å²) >= 11 is 1.95. The summed E-state index contributed by atoms with van der Waals surface area (Å²) in [6.07, 6.45) is 2.70. The fourth-order valence-corrected chi connectivity index (χ4v) is 2.39. The Balaban J connectivity index is 2.01. The molecule has 0 radical (unpaired) electrons. The highest BCUT2D eigenvalue weighted by Crippen LogP contribution is 2.16. The third-order valence-corrected chi connectivity index (χ3v) is 3.15. The maximum atomic E-state index is 10.2. The lowest BCUT2D eigenvalue weighted by Gasteiger charge is -2.21. The second-order valence-corrected chi connectivity index (χ2v) is 4.16. The standard InChI is InChI=1S/C8H15NO2S/c10-8(11)3-4-9-7-2-1-5-12-6-7/h7,9H,1-6H2,(H,10,11). The van der Waals surface area contributed by atoms with E-state index in [9.17, 15) is 4.79 Å². The summed E-state index contributed by atoms with van der Waals surface area (Å²) in [4.78, 5) is 10.2. The minimum Gasteiger partial charge on any atom is -0.481 e. The molecule has 1 saturated heterocycles. The summed E-state index contributed by atoms with van der Waals surface area (Å²) < 4.78 is 0. The van der Waals surface area contributed by atoms with Crippen LogP contribution >= 0.6 is 11.8 Å². The molecule has 1 atom stereocenters. The van der Waals surface area contributed by atoms with Gasteiger partial charge >= 0.3 is 5.97 Å². The summed E-state index contributed by atoms with van der Waals surface area (Å²) in [7, 11) is 0. The normalized spacial score (nSPS) is 23.8. The molecule has 0 amide bonds.